The van der Waals surface area contributed by atoms with Gasteiger partial charge in [-0.25, -0.2) is 4.39 Å². The Hall–Kier alpha value is -2.07. The number of phenolic OH excluding ortho intramolecular Hbond substituents is 1. The number of ether oxygens (including phenoxy) is 1. The third-order valence-corrected chi connectivity index (χ3v) is 3.91. The highest BCUT2D eigenvalue weighted by molar-refractivity contribution is 7.19. The second-order valence-electron chi connectivity index (χ2n) is 4.13. The molecule has 0 spiro atoms. The highest BCUT2D eigenvalue weighted by Crippen LogP contribution is 2.30. The van der Waals surface area contributed by atoms with Crippen LogP contribution in [0.1, 0.15) is 4.88 Å². The fraction of sp³-hybridized carbons (Fsp3) is 0.0667. The van der Waals surface area contributed by atoms with Gasteiger partial charge in [-0.15, -0.1) is 11.3 Å². The molecule has 0 aliphatic rings. The SMILES string of the molecule is Oc1ccccc1OCc1cc2cccc(F)c2s1. The molecule has 0 amide bonds. The largest absolute Gasteiger partial charge is 0.504 e. The molecular weight excluding hydrogens is 263 g/mol. The average Bonchev–Trinajstić information content (AvgIpc) is 2.82. The van der Waals surface area contributed by atoms with Crippen molar-refractivity contribution in [2.24, 2.45) is 0 Å². The Morgan fingerprint density at radius 1 is 1.11 bits per heavy atom. The van der Waals surface area contributed by atoms with Crippen LogP contribution in [0.5, 0.6) is 11.5 Å². The predicted octanol–water partition coefficient (Wildman–Crippen LogP) is 4.33. The molecule has 0 bridgehead atoms. The number of para-hydroxylation sites is 2. The van der Waals surface area contributed by atoms with Crippen LogP contribution in [0.25, 0.3) is 10.1 Å². The van der Waals surface area contributed by atoms with Crippen LogP contribution < -0.4 is 4.74 Å². The van der Waals surface area contributed by atoms with Crippen molar-refractivity contribution in [3.8, 4) is 11.5 Å². The Balaban J connectivity index is 1.83. The van der Waals surface area contributed by atoms with E-state index < -0.39 is 0 Å². The van der Waals surface area contributed by atoms with Crippen molar-refractivity contribution in [3.05, 3.63) is 59.2 Å². The summed E-state index contributed by atoms with van der Waals surface area (Å²) in [4.78, 5) is 0.920. The molecule has 0 fully saturated rings. The minimum atomic E-state index is -0.212. The lowest BCUT2D eigenvalue weighted by atomic mass is 10.2. The van der Waals surface area contributed by atoms with Crippen molar-refractivity contribution in [1.29, 1.82) is 0 Å². The van der Waals surface area contributed by atoms with E-state index in [1.54, 1.807) is 30.3 Å². The number of halogens is 1. The fourth-order valence-electron chi connectivity index (χ4n) is 1.88. The van der Waals surface area contributed by atoms with Gasteiger partial charge >= 0.3 is 0 Å². The second kappa shape index (κ2) is 4.90. The summed E-state index contributed by atoms with van der Waals surface area (Å²) in [5.74, 6) is 0.325. The standard InChI is InChI=1S/C15H11FO2S/c16-12-5-3-4-10-8-11(19-15(10)12)9-18-14-7-2-1-6-13(14)17/h1-8,17H,9H2. The van der Waals surface area contributed by atoms with Crippen LogP contribution in [-0.2, 0) is 6.61 Å². The molecule has 1 N–H and O–H groups in total. The lowest BCUT2D eigenvalue weighted by Gasteiger charge is -2.05. The van der Waals surface area contributed by atoms with Crippen LogP contribution in [0.3, 0.4) is 0 Å². The van der Waals surface area contributed by atoms with Gasteiger partial charge in [-0.3, -0.25) is 0 Å². The van der Waals surface area contributed by atoms with E-state index in [9.17, 15) is 9.50 Å². The van der Waals surface area contributed by atoms with E-state index in [1.165, 1.54) is 17.4 Å². The highest BCUT2D eigenvalue weighted by Gasteiger charge is 2.07. The summed E-state index contributed by atoms with van der Waals surface area (Å²) in [5.41, 5.74) is 0. The molecule has 1 heterocycles. The van der Waals surface area contributed by atoms with Crippen molar-refractivity contribution < 1.29 is 14.2 Å². The van der Waals surface area contributed by atoms with Crippen LogP contribution in [0, 0.1) is 5.82 Å². The van der Waals surface area contributed by atoms with Gasteiger partial charge in [0.25, 0.3) is 0 Å². The molecule has 3 rings (SSSR count). The van der Waals surface area contributed by atoms with Gasteiger partial charge in [-0.2, -0.15) is 0 Å². The van der Waals surface area contributed by atoms with E-state index in [4.69, 9.17) is 4.74 Å². The lowest BCUT2D eigenvalue weighted by molar-refractivity contribution is 0.292. The van der Waals surface area contributed by atoms with Crippen LogP contribution in [0.2, 0.25) is 0 Å². The Kier molecular flexibility index (Phi) is 3.09. The number of phenols is 1. The third-order valence-electron chi connectivity index (χ3n) is 2.78. The molecule has 96 valence electrons. The number of thiophene rings is 1. The number of benzene rings is 2. The lowest BCUT2D eigenvalue weighted by Crippen LogP contribution is -1.92. The quantitative estimate of drug-likeness (QED) is 0.770. The number of hydrogen-bond acceptors (Lipinski definition) is 3. The van der Waals surface area contributed by atoms with Gasteiger partial charge in [-0.1, -0.05) is 24.3 Å². The van der Waals surface area contributed by atoms with Crippen molar-refractivity contribution >= 4 is 21.4 Å². The van der Waals surface area contributed by atoms with Crippen LogP contribution in [-0.4, -0.2) is 5.11 Å². The topological polar surface area (TPSA) is 29.5 Å². The van der Waals surface area contributed by atoms with E-state index in [1.807, 2.05) is 12.1 Å². The van der Waals surface area contributed by atoms with Crippen LogP contribution in [0.4, 0.5) is 4.39 Å². The molecule has 0 radical (unpaired) electrons. The first-order valence-corrected chi connectivity index (χ1v) is 6.63. The maximum absolute atomic E-state index is 13.6. The van der Waals surface area contributed by atoms with E-state index in [2.05, 4.69) is 0 Å². The Morgan fingerprint density at radius 2 is 1.95 bits per heavy atom. The molecule has 2 aromatic carbocycles. The number of hydrogen-bond donors (Lipinski definition) is 1. The Bertz CT molecular complexity index is 721. The van der Waals surface area contributed by atoms with Gasteiger partial charge < -0.3 is 9.84 Å². The summed E-state index contributed by atoms with van der Waals surface area (Å²) in [6, 6.07) is 13.7. The van der Waals surface area contributed by atoms with E-state index >= 15 is 0 Å². The van der Waals surface area contributed by atoms with Crippen molar-refractivity contribution in [3.63, 3.8) is 0 Å². The monoisotopic (exact) mass is 274 g/mol. The minimum Gasteiger partial charge on any atom is -0.504 e. The van der Waals surface area contributed by atoms with Gasteiger partial charge in [0.1, 0.15) is 12.4 Å². The maximum Gasteiger partial charge on any atom is 0.161 e. The first-order valence-electron chi connectivity index (χ1n) is 5.82. The zero-order valence-electron chi connectivity index (χ0n) is 9.97. The minimum absolute atomic E-state index is 0.106. The highest BCUT2D eigenvalue weighted by atomic mass is 32.1. The molecule has 0 saturated carbocycles. The molecule has 0 aliphatic carbocycles. The summed E-state index contributed by atoms with van der Waals surface area (Å²) >= 11 is 1.37. The number of fused-ring (bicyclic) bond motifs is 1. The normalized spacial score (nSPS) is 10.8. The van der Waals surface area contributed by atoms with Crippen molar-refractivity contribution in [2.45, 2.75) is 6.61 Å². The van der Waals surface area contributed by atoms with E-state index in [0.717, 1.165) is 10.3 Å². The Morgan fingerprint density at radius 3 is 2.74 bits per heavy atom. The van der Waals surface area contributed by atoms with Crippen LogP contribution >= 0.6 is 11.3 Å². The van der Waals surface area contributed by atoms with Crippen molar-refractivity contribution in [1.82, 2.24) is 0 Å². The van der Waals surface area contributed by atoms with Gasteiger partial charge in [0.2, 0.25) is 0 Å². The van der Waals surface area contributed by atoms with Crippen LogP contribution in [0.15, 0.2) is 48.5 Å². The zero-order chi connectivity index (χ0) is 13.2. The van der Waals surface area contributed by atoms with Crippen molar-refractivity contribution in [2.75, 3.05) is 0 Å². The van der Waals surface area contributed by atoms with Gasteiger partial charge in [0.15, 0.2) is 11.5 Å². The van der Waals surface area contributed by atoms with E-state index in [0.29, 0.717) is 17.1 Å². The molecule has 19 heavy (non-hydrogen) atoms. The zero-order valence-corrected chi connectivity index (χ0v) is 10.8. The molecule has 0 atom stereocenters. The summed E-state index contributed by atoms with van der Waals surface area (Å²) in [5, 5.41) is 10.5. The third kappa shape index (κ3) is 2.39. The molecule has 0 aliphatic heterocycles. The van der Waals surface area contributed by atoms with Gasteiger partial charge in [0, 0.05) is 4.88 Å². The first-order chi connectivity index (χ1) is 9.24. The molecule has 0 unspecified atom stereocenters. The summed E-state index contributed by atoms with van der Waals surface area (Å²) in [6.07, 6.45) is 0. The van der Waals surface area contributed by atoms with E-state index in [-0.39, 0.29) is 11.6 Å². The Labute approximate surface area is 113 Å². The van der Waals surface area contributed by atoms with Gasteiger partial charge in [-0.05, 0) is 29.7 Å². The smallest absolute Gasteiger partial charge is 0.161 e. The summed E-state index contributed by atoms with van der Waals surface area (Å²) in [7, 11) is 0. The predicted molar refractivity (Wildman–Crippen MR) is 74.2 cm³/mol. The number of rotatable bonds is 3. The fourth-order valence-corrected chi connectivity index (χ4v) is 2.86. The summed E-state index contributed by atoms with van der Waals surface area (Å²) < 4.78 is 19.7. The molecule has 2 nitrogen and oxygen atoms in total. The first kappa shape index (κ1) is 12.0. The molecule has 1 aromatic heterocycles. The molecule has 0 saturated heterocycles. The van der Waals surface area contributed by atoms with Gasteiger partial charge in [0.05, 0.1) is 4.70 Å². The molecular formula is C15H11FO2S. The maximum atomic E-state index is 13.6. The molecule has 4 heteroatoms. The average molecular weight is 274 g/mol. The molecule has 3 aromatic rings. The summed E-state index contributed by atoms with van der Waals surface area (Å²) in [6.45, 7) is 0.316. The number of aromatic hydroxyl groups is 1. The second-order valence-corrected chi connectivity index (χ2v) is 5.26.